The third kappa shape index (κ3) is 3.48. The number of carbonyl (C=O) groups excluding carboxylic acids is 1. The molecule has 0 amide bonds. The van der Waals surface area contributed by atoms with Gasteiger partial charge in [-0.05, 0) is 13.3 Å². The molecule has 0 N–H and O–H groups in total. The van der Waals surface area contributed by atoms with Gasteiger partial charge in [-0.25, -0.2) is 9.78 Å². The molecule has 5 heteroatoms. The monoisotopic (exact) mass is 242 g/mol. The van der Waals surface area contributed by atoms with Crippen LogP contribution in [0.3, 0.4) is 0 Å². The van der Waals surface area contributed by atoms with Crippen molar-refractivity contribution in [3.05, 3.63) is 11.1 Å². The van der Waals surface area contributed by atoms with Crippen LogP contribution < -0.4 is 4.90 Å². The molecule has 1 aromatic rings. The van der Waals surface area contributed by atoms with Crippen LogP contribution in [0.4, 0.5) is 5.13 Å². The van der Waals surface area contributed by atoms with Gasteiger partial charge >= 0.3 is 5.97 Å². The highest BCUT2D eigenvalue weighted by Gasteiger charge is 2.13. The normalized spacial score (nSPS) is 10.2. The predicted molar refractivity (Wildman–Crippen MR) is 66.2 cm³/mol. The SMILES string of the molecule is CCCCN(C)c1nc(C(=O)OCC)cs1. The molecule has 1 aromatic heterocycles. The Morgan fingerprint density at radius 2 is 2.31 bits per heavy atom. The van der Waals surface area contributed by atoms with E-state index in [4.69, 9.17) is 4.74 Å². The second kappa shape index (κ2) is 6.48. The first-order valence-electron chi connectivity index (χ1n) is 5.52. The van der Waals surface area contributed by atoms with Crippen molar-refractivity contribution in [1.82, 2.24) is 4.98 Å². The van der Waals surface area contributed by atoms with Gasteiger partial charge in [0.05, 0.1) is 6.61 Å². The Bertz CT molecular complexity index is 338. The maximum absolute atomic E-state index is 11.4. The Labute approximate surface area is 100 Å². The minimum Gasteiger partial charge on any atom is -0.461 e. The largest absolute Gasteiger partial charge is 0.461 e. The van der Waals surface area contributed by atoms with Gasteiger partial charge in [-0.15, -0.1) is 11.3 Å². The zero-order chi connectivity index (χ0) is 12.0. The fourth-order valence-corrected chi connectivity index (χ4v) is 2.02. The third-order valence-corrected chi connectivity index (χ3v) is 3.11. The number of thiazole rings is 1. The molecule has 0 aromatic carbocycles. The summed E-state index contributed by atoms with van der Waals surface area (Å²) in [6, 6.07) is 0. The van der Waals surface area contributed by atoms with E-state index in [0.717, 1.165) is 24.5 Å². The lowest BCUT2D eigenvalue weighted by atomic mass is 10.3. The number of hydrogen-bond acceptors (Lipinski definition) is 5. The molecule has 1 heterocycles. The highest BCUT2D eigenvalue weighted by atomic mass is 32.1. The summed E-state index contributed by atoms with van der Waals surface area (Å²) in [5.41, 5.74) is 0.408. The molecule has 0 radical (unpaired) electrons. The fraction of sp³-hybridized carbons (Fsp3) is 0.636. The first-order valence-corrected chi connectivity index (χ1v) is 6.40. The molecule has 90 valence electrons. The minimum absolute atomic E-state index is 0.339. The quantitative estimate of drug-likeness (QED) is 0.719. The van der Waals surface area contributed by atoms with Crippen molar-refractivity contribution >= 4 is 22.4 Å². The molecular weight excluding hydrogens is 224 g/mol. The summed E-state index contributed by atoms with van der Waals surface area (Å²) in [6.07, 6.45) is 2.28. The molecule has 16 heavy (non-hydrogen) atoms. The summed E-state index contributed by atoms with van der Waals surface area (Å²) < 4.78 is 4.89. The molecule has 0 fully saturated rings. The summed E-state index contributed by atoms with van der Waals surface area (Å²) in [5, 5.41) is 2.62. The maximum atomic E-state index is 11.4. The van der Waals surface area contributed by atoms with Crippen LogP contribution in [0, 0.1) is 0 Å². The third-order valence-electron chi connectivity index (χ3n) is 2.15. The molecular formula is C11H18N2O2S. The van der Waals surface area contributed by atoms with Crippen LogP contribution in [0.2, 0.25) is 0 Å². The number of anilines is 1. The summed E-state index contributed by atoms with van der Waals surface area (Å²) in [4.78, 5) is 17.7. The summed E-state index contributed by atoms with van der Waals surface area (Å²) in [6.45, 7) is 5.29. The van der Waals surface area contributed by atoms with E-state index in [1.165, 1.54) is 11.3 Å². The highest BCUT2D eigenvalue weighted by Crippen LogP contribution is 2.20. The molecule has 1 rings (SSSR count). The molecule has 4 nitrogen and oxygen atoms in total. The van der Waals surface area contributed by atoms with Crippen molar-refractivity contribution < 1.29 is 9.53 Å². The van der Waals surface area contributed by atoms with Gasteiger partial charge in [0.1, 0.15) is 0 Å². The van der Waals surface area contributed by atoms with Crippen LogP contribution in [0.5, 0.6) is 0 Å². The van der Waals surface area contributed by atoms with E-state index in [1.54, 1.807) is 12.3 Å². The van der Waals surface area contributed by atoms with Crippen molar-refractivity contribution in [3.63, 3.8) is 0 Å². The Kier molecular flexibility index (Phi) is 5.25. The van der Waals surface area contributed by atoms with Crippen molar-refractivity contribution in [2.24, 2.45) is 0 Å². The van der Waals surface area contributed by atoms with Crippen LogP contribution in [0.25, 0.3) is 0 Å². The van der Waals surface area contributed by atoms with E-state index < -0.39 is 0 Å². The van der Waals surface area contributed by atoms with E-state index in [-0.39, 0.29) is 5.97 Å². The minimum atomic E-state index is -0.339. The zero-order valence-corrected chi connectivity index (χ0v) is 10.8. The van der Waals surface area contributed by atoms with Gasteiger partial charge in [-0.2, -0.15) is 0 Å². The number of unbranched alkanes of at least 4 members (excludes halogenated alkanes) is 1. The average Bonchev–Trinajstić information content (AvgIpc) is 2.75. The van der Waals surface area contributed by atoms with Gasteiger partial charge in [0, 0.05) is 19.0 Å². The van der Waals surface area contributed by atoms with Gasteiger partial charge in [0.25, 0.3) is 0 Å². The standard InChI is InChI=1S/C11H18N2O2S/c1-4-6-7-13(3)11-12-9(8-16-11)10(14)15-5-2/h8H,4-7H2,1-3H3. The van der Waals surface area contributed by atoms with Crippen LogP contribution in [0.15, 0.2) is 5.38 Å². The van der Waals surface area contributed by atoms with E-state index >= 15 is 0 Å². The molecule has 0 aliphatic heterocycles. The topological polar surface area (TPSA) is 42.4 Å². The lowest BCUT2D eigenvalue weighted by molar-refractivity contribution is 0.0520. The average molecular weight is 242 g/mol. The Balaban J connectivity index is 2.59. The number of nitrogens with zero attached hydrogens (tertiary/aromatic N) is 2. The lowest BCUT2D eigenvalue weighted by Crippen LogP contribution is -2.18. The molecule has 0 spiro atoms. The van der Waals surface area contributed by atoms with Crippen LogP contribution >= 0.6 is 11.3 Å². The number of aromatic nitrogens is 1. The van der Waals surface area contributed by atoms with E-state index in [1.807, 2.05) is 7.05 Å². The van der Waals surface area contributed by atoms with E-state index in [2.05, 4.69) is 16.8 Å². The first kappa shape index (κ1) is 13.0. The molecule has 0 atom stereocenters. The zero-order valence-electron chi connectivity index (χ0n) is 10.0. The number of hydrogen-bond donors (Lipinski definition) is 0. The Hall–Kier alpha value is -1.10. The fourth-order valence-electron chi connectivity index (χ4n) is 1.23. The van der Waals surface area contributed by atoms with Crippen LogP contribution in [0.1, 0.15) is 37.2 Å². The molecule has 0 aliphatic carbocycles. The number of ether oxygens (including phenoxy) is 1. The summed E-state index contributed by atoms with van der Waals surface area (Å²) in [7, 11) is 1.99. The van der Waals surface area contributed by atoms with Crippen molar-refractivity contribution in [2.45, 2.75) is 26.7 Å². The van der Waals surface area contributed by atoms with Crippen molar-refractivity contribution in [2.75, 3.05) is 25.1 Å². The number of rotatable bonds is 6. The first-order chi connectivity index (χ1) is 7.69. The number of carbonyl (C=O) groups is 1. The second-order valence-electron chi connectivity index (χ2n) is 3.51. The van der Waals surface area contributed by atoms with Gasteiger partial charge in [0.15, 0.2) is 10.8 Å². The Morgan fingerprint density at radius 1 is 1.56 bits per heavy atom. The molecule has 0 saturated heterocycles. The van der Waals surface area contributed by atoms with Gasteiger partial charge in [-0.1, -0.05) is 13.3 Å². The Morgan fingerprint density at radius 3 is 2.94 bits per heavy atom. The molecule has 0 unspecified atom stereocenters. The van der Waals surface area contributed by atoms with Crippen LogP contribution in [-0.4, -0.2) is 31.2 Å². The predicted octanol–water partition coefficient (Wildman–Crippen LogP) is 2.56. The highest BCUT2D eigenvalue weighted by molar-refractivity contribution is 7.13. The number of esters is 1. The van der Waals surface area contributed by atoms with Crippen molar-refractivity contribution in [1.29, 1.82) is 0 Å². The maximum Gasteiger partial charge on any atom is 0.357 e. The second-order valence-corrected chi connectivity index (χ2v) is 4.35. The lowest BCUT2D eigenvalue weighted by Gasteiger charge is -2.14. The summed E-state index contributed by atoms with van der Waals surface area (Å²) in [5.74, 6) is -0.339. The van der Waals surface area contributed by atoms with Gasteiger partial charge < -0.3 is 9.64 Å². The summed E-state index contributed by atoms with van der Waals surface area (Å²) >= 11 is 1.48. The smallest absolute Gasteiger partial charge is 0.357 e. The van der Waals surface area contributed by atoms with E-state index in [9.17, 15) is 4.79 Å². The van der Waals surface area contributed by atoms with Gasteiger partial charge in [-0.3, -0.25) is 0 Å². The molecule has 0 saturated carbocycles. The molecule has 0 aliphatic rings. The van der Waals surface area contributed by atoms with Crippen LogP contribution in [-0.2, 0) is 4.74 Å². The molecule has 0 bridgehead atoms. The van der Waals surface area contributed by atoms with E-state index in [0.29, 0.717) is 12.3 Å². The van der Waals surface area contributed by atoms with Gasteiger partial charge in [0.2, 0.25) is 0 Å². The van der Waals surface area contributed by atoms with Crippen molar-refractivity contribution in [3.8, 4) is 0 Å².